The van der Waals surface area contributed by atoms with E-state index in [1.807, 2.05) is 17.6 Å². The Kier molecular flexibility index (Phi) is 2.66. The van der Waals surface area contributed by atoms with Crippen LogP contribution in [-0.2, 0) is 0 Å². The average molecular weight is 264 g/mol. The number of hydrogen-bond donors (Lipinski definition) is 0. The van der Waals surface area contributed by atoms with Crippen molar-refractivity contribution >= 4 is 11.0 Å². The molecule has 2 nitrogen and oxygen atoms in total. The molecule has 0 saturated heterocycles. The van der Waals surface area contributed by atoms with Gasteiger partial charge in [-0.3, -0.25) is 0 Å². The number of aryl methyl sites for hydroxylation is 1. The van der Waals surface area contributed by atoms with Crippen LogP contribution in [0.4, 0.5) is 8.78 Å². The Morgan fingerprint density at radius 2 is 2.00 bits per heavy atom. The third-order valence-corrected chi connectivity index (χ3v) is 4.05. The van der Waals surface area contributed by atoms with Crippen molar-refractivity contribution < 1.29 is 8.78 Å². The number of halogens is 2. The first-order valence-electron chi connectivity index (χ1n) is 6.63. The average Bonchev–Trinajstić information content (AvgIpc) is 2.67. The van der Waals surface area contributed by atoms with Gasteiger partial charge in [-0.25, -0.2) is 13.8 Å². The second-order valence-electron chi connectivity index (χ2n) is 6.40. The number of rotatable bonds is 2. The first-order valence-corrected chi connectivity index (χ1v) is 6.63. The van der Waals surface area contributed by atoms with Crippen molar-refractivity contribution in [2.75, 3.05) is 0 Å². The minimum atomic E-state index is -2.45. The lowest BCUT2D eigenvalue weighted by Crippen LogP contribution is -2.33. The molecule has 4 heteroatoms. The van der Waals surface area contributed by atoms with Gasteiger partial charge in [0.15, 0.2) is 0 Å². The maximum Gasteiger partial charge on any atom is 0.265 e. The smallest absolute Gasteiger partial charge is 0.265 e. The monoisotopic (exact) mass is 264 g/mol. The van der Waals surface area contributed by atoms with Crippen LogP contribution >= 0.6 is 0 Å². The summed E-state index contributed by atoms with van der Waals surface area (Å²) in [7, 11) is 0. The van der Waals surface area contributed by atoms with Gasteiger partial charge in [-0.15, -0.1) is 0 Å². The molecule has 0 radical (unpaired) electrons. The Labute approximate surface area is 111 Å². The molecule has 1 aromatic carbocycles. The fraction of sp³-hybridized carbons (Fsp3) is 0.533. The SMILES string of the molecule is Cc1cc(C(F)F)c2c(c1)ncn2C1CC(C)(C)C1. The Morgan fingerprint density at radius 1 is 1.32 bits per heavy atom. The maximum absolute atomic E-state index is 13.2. The minimum Gasteiger partial charge on any atom is -0.327 e. The molecule has 1 heterocycles. The lowest BCUT2D eigenvalue weighted by Gasteiger charge is -2.43. The van der Waals surface area contributed by atoms with E-state index in [-0.39, 0.29) is 5.56 Å². The highest BCUT2D eigenvalue weighted by Crippen LogP contribution is 2.49. The number of hydrogen-bond acceptors (Lipinski definition) is 1. The van der Waals surface area contributed by atoms with Crippen molar-refractivity contribution in [2.24, 2.45) is 5.41 Å². The number of nitrogens with zero attached hydrogens (tertiary/aromatic N) is 2. The molecule has 0 bridgehead atoms. The maximum atomic E-state index is 13.2. The number of fused-ring (bicyclic) bond motifs is 1. The highest BCUT2D eigenvalue weighted by atomic mass is 19.3. The van der Waals surface area contributed by atoms with E-state index in [1.165, 1.54) is 0 Å². The van der Waals surface area contributed by atoms with E-state index in [0.29, 0.717) is 22.5 Å². The van der Waals surface area contributed by atoms with Gasteiger partial charge in [-0.05, 0) is 42.9 Å². The van der Waals surface area contributed by atoms with Crippen LogP contribution in [0.2, 0.25) is 0 Å². The van der Waals surface area contributed by atoms with Gasteiger partial charge in [0.2, 0.25) is 0 Å². The van der Waals surface area contributed by atoms with Gasteiger partial charge in [0.05, 0.1) is 17.4 Å². The third kappa shape index (κ3) is 2.03. The predicted octanol–water partition coefficient (Wildman–Crippen LogP) is 4.64. The molecule has 1 fully saturated rings. The van der Waals surface area contributed by atoms with Gasteiger partial charge >= 0.3 is 0 Å². The number of imidazole rings is 1. The number of benzene rings is 1. The van der Waals surface area contributed by atoms with E-state index in [1.54, 1.807) is 12.4 Å². The van der Waals surface area contributed by atoms with Crippen molar-refractivity contribution in [1.82, 2.24) is 9.55 Å². The second kappa shape index (κ2) is 4.02. The zero-order valence-electron chi connectivity index (χ0n) is 11.5. The Balaban J connectivity index is 2.12. The molecule has 102 valence electrons. The van der Waals surface area contributed by atoms with Crippen molar-refractivity contribution in [3.63, 3.8) is 0 Å². The molecule has 2 aromatic rings. The van der Waals surface area contributed by atoms with E-state index in [4.69, 9.17) is 0 Å². The number of aromatic nitrogens is 2. The summed E-state index contributed by atoms with van der Waals surface area (Å²) >= 11 is 0. The summed E-state index contributed by atoms with van der Waals surface area (Å²) in [5.74, 6) is 0. The molecule has 0 spiro atoms. The van der Waals surface area contributed by atoms with E-state index >= 15 is 0 Å². The van der Waals surface area contributed by atoms with E-state index < -0.39 is 6.43 Å². The van der Waals surface area contributed by atoms with Gasteiger partial charge < -0.3 is 4.57 Å². The van der Waals surface area contributed by atoms with Gasteiger partial charge in [0.25, 0.3) is 6.43 Å². The van der Waals surface area contributed by atoms with Gasteiger partial charge in [0.1, 0.15) is 0 Å². The summed E-state index contributed by atoms with van der Waals surface area (Å²) in [5, 5.41) is 0. The lowest BCUT2D eigenvalue weighted by molar-refractivity contribution is 0.106. The van der Waals surface area contributed by atoms with Crippen LogP contribution in [0.1, 0.15) is 50.3 Å². The normalized spacial score (nSPS) is 19.1. The molecule has 1 aliphatic rings. The molecular formula is C15H18F2N2. The molecule has 3 rings (SSSR count). The highest BCUT2D eigenvalue weighted by Gasteiger charge is 2.38. The van der Waals surface area contributed by atoms with Crippen molar-refractivity contribution in [2.45, 2.75) is 46.1 Å². The zero-order chi connectivity index (χ0) is 13.8. The lowest BCUT2D eigenvalue weighted by atomic mass is 9.68. The standard InChI is InChI=1S/C15H18F2N2/c1-9-4-11(14(16)17)13-12(5-9)18-8-19(13)10-6-15(2,3)7-10/h4-5,8,10,14H,6-7H2,1-3H3. The van der Waals surface area contributed by atoms with E-state index in [9.17, 15) is 8.78 Å². The van der Waals surface area contributed by atoms with Crippen LogP contribution in [0, 0.1) is 12.3 Å². The minimum absolute atomic E-state index is 0.109. The Bertz CT molecular complexity index is 620. The summed E-state index contributed by atoms with van der Waals surface area (Å²) < 4.78 is 28.4. The summed E-state index contributed by atoms with van der Waals surface area (Å²) in [6, 6.07) is 3.76. The molecule has 1 aliphatic carbocycles. The molecule has 0 N–H and O–H groups in total. The molecule has 19 heavy (non-hydrogen) atoms. The first kappa shape index (κ1) is 12.6. The molecule has 0 amide bonds. The van der Waals surface area contributed by atoms with E-state index in [2.05, 4.69) is 18.8 Å². The molecule has 1 saturated carbocycles. The molecule has 1 aromatic heterocycles. The van der Waals surface area contributed by atoms with Crippen LogP contribution in [0.3, 0.4) is 0 Å². The van der Waals surface area contributed by atoms with Crippen molar-refractivity contribution in [3.05, 3.63) is 29.6 Å². The Morgan fingerprint density at radius 3 is 2.58 bits per heavy atom. The zero-order valence-corrected chi connectivity index (χ0v) is 11.5. The largest absolute Gasteiger partial charge is 0.327 e. The molecule has 0 atom stereocenters. The summed E-state index contributed by atoms with van der Waals surface area (Å²) in [4.78, 5) is 4.30. The fourth-order valence-corrected chi connectivity index (χ4v) is 3.20. The van der Waals surface area contributed by atoms with Crippen molar-refractivity contribution in [3.8, 4) is 0 Å². The van der Waals surface area contributed by atoms with Crippen LogP contribution in [0.15, 0.2) is 18.5 Å². The summed E-state index contributed by atoms with van der Waals surface area (Å²) in [5.41, 5.74) is 2.55. The van der Waals surface area contributed by atoms with Crippen LogP contribution in [-0.4, -0.2) is 9.55 Å². The molecule has 0 aliphatic heterocycles. The first-order chi connectivity index (χ1) is 8.87. The van der Waals surface area contributed by atoms with Crippen LogP contribution < -0.4 is 0 Å². The third-order valence-electron chi connectivity index (χ3n) is 4.05. The quantitative estimate of drug-likeness (QED) is 0.772. The van der Waals surface area contributed by atoms with Crippen molar-refractivity contribution in [1.29, 1.82) is 0 Å². The van der Waals surface area contributed by atoms with Crippen LogP contribution in [0.5, 0.6) is 0 Å². The second-order valence-corrected chi connectivity index (χ2v) is 6.40. The molecular weight excluding hydrogens is 246 g/mol. The Hall–Kier alpha value is -1.45. The molecule has 0 unspecified atom stereocenters. The van der Waals surface area contributed by atoms with Gasteiger partial charge in [-0.2, -0.15) is 0 Å². The fourth-order valence-electron chi connectivity index (χ4n) is 3.20. The van der Waals surface area contributed by atoms with E-state index in [0.717, 1.165) is 18.4 Å². The van der Waals surface area contributed by atoms with Gasteiger partial charge in [-0.1, -0.05) is 13.8 Å². The highest BCUT2D eigenvalue weighted by molar-refractivity contribution is 5.80. The summed E-state index contributed by atoms with van der Waals surface area (Å²) in [6.07, 6.45) is 1.31. The summed E-state index contributed by atoms with van der Waals surface area (Å²) in [6.45, 7) is 6.25. The predicted molar refractivity (Wildman–Crippen MR) is 71.5 cm³/mol. The topological polar surface area (TPSA) is 17.8 Å². The van der Waals surface area contributed by atoms with Crippen LogP contribution in [0.25, 0.3) is 11.0 Å². The van der Waals surface area contributed by atoms with Gasteiger partial charge in [0, 0.05) is 11.6 Å². The number of alkyl halides is 2.